The molecular formula is C26H29N3O4S. The lowest BCUT2D eigenvalue weighted by Gasteiger charge is -2.18. The van der Waals surface area contributed by atoms with E-state index in [-0.39, 0.29) is 11.4 Å². The van der Waals surface area contributed by atoms with Gasteiger partial charge in [-0.1, -0.05) is 30.3 Å². The van der Waals surface area contributed by atoms with E-state index in [1.54, 1.807) is 44.5 Å². The minimum Gasteiger partial charge on any atom is -0.497 e. The lowest BCUT2D eigenvalue weighted by atomic mass is 10.3. The van der Waals surface area contributed by atoms with Gasteiger partial charge < -0.3 is 14.0 Å². The Hall–Kier alpha value is -3.36. The lowest BCUT2D eigenvalue weighted by Crippen LogP contribution is -2.28. The summed E-state index contributed by atoms with van der Waals surface area (Å²) < 4.78 is 40.5. The van der Waals surface area contributed by atoms with Crippen molar-refractivity contribution in [2.75, 3.05) is 20.8 Å². The highest BCUT2D eigenvalue weighted by Crippen LogP contribution is 2.22. The van der Waals surface area contributed by atoms with Crippen molar-refractivity contribution in [3.05, 3.63) is 84.7 Å². The molecule has 0 radical (unpaired) electrons. The second-order valence-corrected chi connectivity index (χ2v) is 10.0. The van der Waals surface area contributed by atoms with Crippen molar-refractivity contribution < 1.29 is 17.9 Å². The Morgan fingerprint density at radius 1 is 0.882 bits per heavy atom. The molecule has 0 bridgehead atoms. The highest BCUT2D eigenvalue weighted by molar-refractivity contribution is 7.89. The Labute approximate surface area is 200 Å². The molecule has 0 spiro atoms. The van der Waals surface area contributed by atoms with E-state index >= 15 is 0 Å². The molecule has 0 aliphatic carbocycles. The second kappa shape index (κ2) is 10.7. The second-order valence-electron chi connectivity index (χ2n) is 7.97. The standard InChI is InChI=1S/C26H29N3O4S/c1-28(34(30,31)23-10-4-3-5-11-23)20-26-27-24-12-6-7-13-25(24)29(26)18-8-9-19-33-22-16-14-21(32-2)15-17-22/h3-7,10-17H,8-9,18-20H2,1-2H3. The molecule has 178 valence electrons. The lowest BCUT2D eigenvalue weighted by molar-refractivity contribution is 0.302. The van der Waals surface area contributed by atoms with Crippen molar-refractivity contribution in [3.63, 3.8) is 0 Å². The van der Waals surface area contributed by atoms with E-state index in [1.165, 1.54) is 4.31 Å². The number of hydrogen-bond acceptors (Lipinski definition) is 5. The van der Waals surface area contributed by atoms with Crippen LogP contribution in [0.1, 0.15) is 18.7 Å². The number of methoxy groups -OCH3 is 1. The molecule has 0 aliphatic heterocycles. The summed E-state index contributed by atoms with van der Waals surface area (Å²) in [6, 6.07) is 23.9. The maximum atomic E-state index is 13.0. The molecule has 8 heteroatoms. The molecule has 0 atom stereocenters. The van der Waals surface area contributed by atoms with Crippen molar-refractivity contribution in [2.24, 2.45) is 0 Å². The fraction of sp³-hybridized carbons (Fsp3) is 0.269. The van der Waals surface area contributed by atoms with Crippen LogP contribution in [0.15, 0.2) is 83.8 Å². The smallest absolute Gasteiger partial charge is 0.243 e. The predicted octanol–water partition coefficient (Wildman–Crippen LogP) is 4.72. The van der Waals surface area contributed by atoms with E-state index in [0.29, 0.717) is 6.61 Å². The van der Waals surface area contributed by atoms with E-state index in [2.05, 4.69) is 4.57 Å². The number of imidazole rings is 1. The van der Waals surface area contributed by atoms with Gasteiger partial charge >= 0.3 is 0 Å². The van der Waals surface area contributed by atoms with Crippen LogP contribution >= 0.6 is 0 Å². The summed E-state index contributed by atoms with van der Waals surface area (Å²) in [7, 11) is -0.375. The first-order valence-electron chi connectivity index (χ1n) is 11.2. The van der Waals surface area contributed by atoms with Crippen LogP contribution in [-0.2, 0) is 23.1 Å². The van der Waals surface area contributed by atoms with Gasteiger partial charge in [-0.2, -0.15) is 4.31 Å². The largest absolute Gasteiger partial charge is 0.497 e. The Morgan fingerprint density at radius 2 is 1.56 bits per heavy atom. The van der Waals surface area contributed by atoms with Gasteiger partial charge in [-0.15, -0.1) is 0 Å². The van der Waals surface area contributed by atoms with Crippen molar-refractivity contribution in [1.82, 2.24) is 13.9 Å². The van der Waals surface area contributed by atoms with Gasteiger partial charge in [0.2, 0.25) is 10.0 Å². The highest BCUT2D eigenvalue weighted by atomic mass is 32.2. The first-order valence-corrected chi connectivity index (χ1v) is 12.7. The third-order valence-corrected chi connectivity index (χ3v) is 7.47. The van der Waals surface area contributed by atoms with Gasteiger partial charge in [0.05, 0.1) is 36.2 Å². The monoisotopic (exact) mass is 479 g/mol. The summed E-state index contributed by atoms with van der Waals surface area (Å²) in [6.07, 6.45) is 1.73. The molecule has 3 aromatic carbocycles. The molecule has 34 heavy (non-hydrogen) atoms. The first kappa shape index (κ1) is 23.8. The summed E-state index contributed by atoms with van der Waals surface area (Å²) in [5.41, 5.74) is 1.86. The Balaban J connectivity index is 1.42. The molecule has 0 aliphatic rings. The maximum absolute atomic E-state index is 13.0. The van der Waals surface area contributed by atoms with Crippen LogP contribution in [-0.4, -0.2) is 43.0 Å². The van der Waals surface area contributed by atoms with Gasteiger partial charge in [-0.25, -0.2) is 13.4 Å². The molecule has 0 saturated heterocycles. The molecule has 0 fully saturated rings. The first-order chi connectivity index (χ1) is 16.5. The molecule has 7 nitrogen and oxygen atoms in total. The molecule has 0 amide bonds. The number of fused-ring (bicyclic) bond motifs is 1. The minimum absolute atomic E-state index is 0.189. The molecular weight excluding hydrogens is 450 g/mol. The van der Waals surface area contributed by atoms with E-state index < -0.39 is 10.0 Å². The zero-order chi connectivity index (χ0) is 24.0. The quantitative estimate of drug-likeness (QED) is 0.291. The Morgan fingerprint density at radius 3 is 2.29 bits per heavy atom. The molecule has 0 saturated carbocycles. The van der Waals surface area contributed by atoms with E-state index in [0.717, 1.165) is 47.7 Å². The number of benzene rings is 3. The number of aromatic nitrogens is 2. The molecule has 0 unspecified atom stereocenters. The van der Waals surface area contributed by atoms with Gasteiger partial charge in [-0.3, -0.25) is 0 Å². The van der Waals surface area contributed by atoms with Crippen LogP contribution in [0, 0.1) is 0 Å². The normalized spacial score (nSPS) is 11.7. The van der Waals surface area contributed by atoms with Gasteiger partial charge in [0.15, 0.2) is 0 Å². The minimum atomic E-state index is -3.61. The number of para-hydroxylation sites is 2. The van der Waals surface area contributed by atoms with Gasteiger partial charge in [0.1, 0.15) is 17.3 Å². The number of ether oxygens (including phenoxy) is 2. The number of hydrogen-bond donors (Lipinski definition) is 0. The number of nitrogens with zero attached hydrogens (tertiary/aromatic N) is 3. The van der Waals surface area contributed by atoms with Crippen LogP contribution in [0.3, 0.4) is 0 Å². The summed E-state index contributed by atoms with van der Waals surface area (Å²) in [5, 5.41) is 0. The molecule has 4 rings (SSSR count). The highest BCUT2D eigenvalue weighted by Gasteiger charge is 2.23. The van der Waals surface area contributed by atoms with Crippen LogP contribution in [0.5, 0.6) is 11.5 Å². The SMILES string of the molecule is COc1ccc(OCCCCn2c(CN(C)S(=O)(=O)c3ccccc3)nc3ccccc32)cc1. The van der Waals surface area contributed by atoms with Crippen LogP contribution in [0.4, 0.5) is 0 Å². The maximum Gasteiger partial charge on any atom is 0.243 e. The Kier molecular flexibility index (Phi) is 7.49. The fourth-order valence-electron chi connectivity index (χ4n) is 3.79. The molecule has 1 heterocycles. The van der Waals surface area contributed by atoms with Crippen molar-refractivity contribution in [3.8, 4) is 11.5 Å². The fourth-order valence-corrected chi connectivity index (χ4v) is 4.93. The van der Waals surface area contributed by atoms with Crippen molar-refractivity contribution >= 4 is 21.1 Å². The third kappa shape index (κ3) is 5.40. The van der Waals surface area contributed by atoms with Crippen LogP contribution in [0.25, 0.3) is 11.0 Å². The number of aryl methyl sites for hydroxylation is 1. The van der Waals surface area contributed by atoms with Gasteiger partial charge in [0, 0.05) is 13.6 Å². The van der Waals surface area contributed by atoms with Crippen LogP contribution < -0.4 is 9.47 Å². The van der Waals surface area contributed by atoms with Gasteiger partial charge in [0.25, 0.3) is 0 Å². The summed E-state index contributed by atoms with van der Waals surface area (Å²) in [5.74, 6) is 2.33. The van der Waals surface area contributed by atoms with E-state index in [1.807, 2.05) is 48.5 Å². The van der Waals surface area contributed by atoms with Crippen molar-refractivity contribution in [1.29, 1.82) is 0 Å². The zero-order valence-corrected chi connectivity index (χ0v) is 20.2. The zero-order valence-electron chi connectivity index (χ0n) is 19.4. The predicted molar refractivity (Wildman–Crippen MR) is 133 cm³/mol. The molecule has 4 aromatic rings. The topological polar surface area (TPSA) is 73.7 Å². The summed E-state index contributed by atoms with van der Waals surface area (Å²) >= 11 is 0. The summed E-state index contributed by atoms with van der Waals surface area (Å²) in [4.78, 5) is 5.01. The summed E-state index contributed by atoms with van der Waals surface area (Å²) in [6.45, 7) is 1.51. The Bertz CT molecular complexity index is 1320. The van der Waals surface area contributed by atoms with E-state index in [4.69, 9.17) is 14.5 Å². The van der Waals surface area contributed by atoms with E-state index in [9.17, 15) is 8.42 Å². The molecule has 0 N–H and O–H groups in total. The van der Waals surface area contributed by atoms with Crippen LogP contribution in [0.2, 0.25) is 0 Å². The number of rotatable bonds is 11. The average molecular weight is 480 g/mol. The van der Waals surface area contributed by atoms with Crippen molar-refractivity contribution in [2.45, 2.75) is 30.8 Å². The third-order valence-electron chi connectivity index (χ3n) is 5.65. The molecule has 1 aromatic heterocycles. The number of unbranched alkanes of at least 4 members (excludes halogenated alkanes) is 1. The average Bonchev–Trinajstić information content (AvgIpc) is 3.21. The van der Waals surface area contributed by atoms with Gasteiger partial charge in [-0.05, 0) is 61.4 Å². The number of sulfonamides is 1.